The number of methoxy groups -OCH3 is 1. The van der Waals surface area contributed by atoms with Crippen LogP contribution in [0.25, 0.3) is 0 Å². The third kappa shape index (κ3) is 6.14. The molecule has 0 radical (unpaired) electrons. The molecular weight excluding hydrogens is 256 g/mol. The summed E-state index contributed by atoms with van der Waals surface area (Å²) < 4.78 is 5.48. The van der Waals surface area contributed by atoms with Gasteiger partial charge >= 0.3 is 0 Å². The minimum atomic E-state index is 0.562. The lowest BCUT2D eigenvalue weighted by Gasteiger charge is -2.31. The molecule has 2 fully saturated rings. The van der Waals surface area contributed by atoms with E-state index in [-0.39, 0.29) is 0 Å². The van der Waals surface area contributed by atoms with E-state index in [0.29, 0.717) is 6.10 Å². The molecule has 0 aromatic carbocycles. The summed E-state index contributed by atoms with van der Waals surface area (Å²) in [6.45, 7) is 2.27. The molecule has 1 nitrogen and oxygen atoms in total. The highest BCUT2D eigenvalue weighted by Gasteiger charge is 2.23. The fourth-order valence-corrected chi connectivity index (χ4v) is 4.25. The van der Waals surface area contributed by atoms with Crippen molar-refractivity contribution in [3.8, 4) is 0 Å². The first kappa shape index (κ1) is 17.1. The summed E-state index contributed by atoms with van der Waals surface area (Å²) >= 11 is 0. The highest BCUT2D eigenvalue weighted by Crippen LogP contribution is 2.36. The summed E-state index contributed by atoms with van der Waals surface area (Å²) in [5.41, 5.74) is 0. The Morgan fingerprint density at radius 1 is 0.857 bits per heavy atom. The van der Waals surface area contributed by atoms with E-state index in [9.17, 15) is 0 Å². The van der Waals surface area contributed by atoms with Crippen LogP contribution in [0.15, 0.2) is 12.2 Å². The van der Waals surface area contributed by atoms with Gasteiger partial charge in [0.25, 0.3) is 0 Å². The summed E-state index contributed by atoms with van der Waals surface area (Å²) in [6.07, 6.45) is 22.3. The second kappa shape index (κ2) is 9.66. The first-order valence-electron chi connectivity index (χ1n) is 9.51. The highest BCUT2D eigenvalue weighted by atomic mass is 16.5. The Labute approximate surface area is 132 Å². The van der Waals surface area contributed by atoms with Gasteiger partial charge in [0.15, 0.2) is 0 Å². The molecule has 0 spiro atoms. The molecule has 0 heterocycles. The normalized spacial score (nSPS) is 34.4. The predicted octanol–water partition coefficient (Wildman–Crippen LogP) is 6.13. The molecule has 2 aliphatic carbocycles. The maximum Gasteiger partial charge on any atom is 0.0571 e. The molecular formula is C20H36O. The van der Waals surface area contributed by atoms with Crippen LogP contribution < -0.4 is 0 Å². The zero-order chi connectivity index (χ0) is 14.9. The van der Waals surface area contributed by atoms with E-state index in [1.807, 2.05) is 7.11 Å². The number of rotatable bonds is 7. The van der Waals surface area contributed by atoms with Gasteiger partial charge in [-0.2, -0.15) is 0 Å². The van der Waals surface area contributed by atoms with Gasteiger partial charge in [-0.3, -0.25) is 0 Å². The minimum absolute atomic E-state index is 0.562. The number of hydrogen-bond donors (Lipinski definition) is 0. The van der Waals surface area contributed by atoms with Crippen LogP contribution in [-0.2, 0) is 4.74 Å². The van der Waals surface area contributed by atoms with Crippen LogP contribution in [0.5, 0.6) is 0 Å². The molecule has 0 bridgehead atoms. The number of hydrogen-bond acceptors (Lipinski definition) is 1. The zero-order valence-corrected chi connectivity index (χ0v) is 14.4. The van der Waals surface area contributed by atoms with Crippen LogP contribution >= 0.6 is 0 Å². The molecule has 0 aromatic rings. The topological polar surface area (TPSA) is 9.23 Å². The summed E-state index contributed by atoms with van der Waals surface area (Å²) in [7, 11) is 1.87. The number of ether oxygens (including phenoxy) is 1. The molecule has 0 N–H and O–H groups in total. The lowest BCUT2D eigenvalue weighted by atomic mass is 9.77. The average Bonchev–Trinajstić information content (AvgIpc) is 2.55. The van der Waals surface area contributed by atoms with Crippen LogP contribution in [0, 0.1) is 17.8 Å². The van der Waals surface area contributed by atoms with Crippen molar-refractivity contribution in [3.63, 3.8) is 0 Å². The summed E-state index contributed by atoms with van der Waals surface area (Å²) in [5, 5.41) is 0. The second-order valence-corrected chi connectivity index (χ2v) is 7.45. The largest absolute Gasteiger partial charge is 0.381 e. The first-order chi connectivity index (χ1) is 10.3. The van der Waals surface area contributed by atoms with Gasteiger partial charge in [-0.15, -0.1) is 0 Å². The Bertz CT molecular complexity index is 280. The van der Waals surface area contributed by atoms with Crippen molar-refractivity contribution in [2.75, 3.05) is 7.11 Å². The minimum Gasteiger partial charge on any atom is -0.381 e. The van der Waals surface area contributed by atoms with Crippen LogP contribution in [0.2, 0.25) is 0 Å². The fraction of sp³-hybridized carbons (Fsp3) is 0.900. The SMILES string of the molecule is CCCC=C[C@H]1CC[C@H](CC[C@H]2CC[C@H](OC)CC2)CC1. The molecule has 0 aliphatic heterocycles. The van der Waals surface area contributed by atoms with Gasteiger partial charge in [0.05, 0.1) is 6.10 Å². The quantitative estimate of drug-likeness (QED) is 0.512. The Hall–Kier alpha value is -0.300. The summed E-state index contributed by atoms with van der Waals surface area (Å²) in [6, 6.07) is 0. The Balaban J connectivity index is 1.57. The van der Waals surface area contributed by atoms with Crippen molar-refractivity contribution < 1.29 is 4.74 Å². The maximum absolute atomic E-state index is 5.48. The van der Waals surface area contributed by atoms with E-state index >= 15 is 0 Å². The molecule has 2 rings (SSSR count). The fourth-order valence-electron chi connectivity index (χ4n) is 4.25. The molecule has 0 saturated heterocycles. The Morgan fingerprint density at radius 3 is 1.95 bits per heavy atom. The lowest BCUT2D eigenvalue weighted by Crippen LogP contribution is -2.21. The van der Waals surface area contributed by atoms with Crippen LogP contribution in [0.1, 0.15) is 84.0 Å². The van der Waals surface area contributed by atoms with Crippen LogP contribution in [-0.4, -0.2) is 13.2 Å². The molecule has 0 atom stereocenters. The number of allylic oxidation sites excluding steroid dienone is 2. The first-order valence-corrected chi connectivity index (χ1v) is 9.51. The van der Waals surface area contributed by atoms with Gasteiger partial charge in [-0.25, -0.2) is 0 Å². The third-order valence-corrected chi connectivity index (χ3v) is 5.87. The van der Waals surface area contributed by atoms with Crippen molar-refractivity contribution >= 4 is 0 Å². The van der Waals surface area contributed by atoms with Crippen molar-refractivity contribution in [3.05, 3.63) is 12.2 Å². The maximum atomic E-state index is 5.48. The van der Waals surface area contributed by atoms with Gasteiger partial charge in [0.2, 0.25) is 0 Å². The molecule has 1 heteroatoms. The molecule has 21 heavy (non-hydrogen) atoms. The second-order valence-electron chi connectivity index (χ2n) is 7.45. The van der Waals surface area contributed by atoms with E-state index in [2.05, 4.69) is 19.1 Å². The van der Waals surface area contributed by atoms with Crippen molar-refractivity contribution in [2.24, 2.45) is 17.8 Å². The lowest BCUT2D eigenvalue weighted by molar-refractivity contribution is 0.0541. The van der Waals surface area contributed by atoms with Gasteiger partial charge in [-0.1, -0.05) is 38.3 Å². The standard InChI is InChI=1S/C20H36O/c1-3-4-5-6-17-7-9-18(10-8-17)11-12-19-13-15-20(21-2)16-14-19/h5-6,17-20H,3-4,7-16H2,1-2H3/t17-,18-,19-,20-. The number of unbranched alkanes of at least 4 members (excludes halogenated alkanes) is 1. The third-order valence-electron chi connectivity index (χ3n) is 5.87. The van der Waals surface area contributed by atoms with E-state index in [1.165, 1.54) is 77.0 Å². The molecule has 0 aromatic heterocycles. The van der Waals surface area contributed by atoms with Crippen molar-refractivity contribution in [1.29, 1.82) is 0 Å². The molecule has 122 valence electrons. The van der Waals surface area contributed by atoms with Crippen molar-refractivity contribution in [1.82, 2.24) is 0 Å². The monoisotopic (exact) mass is 292 g/mol. The summed E-state index contributed by atoms with van der Waals surface area (Å²) in [5.74, 6) is 2.92. The van der Waals surface area contributed by atoms with Crippen LogP contribution in [0.3, 0.4) is 0 Å². The van der Waals surface area contributed by atoms with E-state index in [0.717, 1.165) is 17.8 Å². The average molecular weight is 293 g/mol. The molecule has 2 aliphatic rings. The summed E-state index contributed by atoms with van der Waals surface area (Å²) in [4.78, 5) is 0. The van der Waals surface area contributed by atoms with E-state index in [1.54, 1.807) is 0 Å². The molecule has 0 amide bonds. The van der Waals surface area contributed by atoms with Crippen molar-refractivity contribution in [2.45, 2.75) is 90.1 Å². The van der Waals surface area contributed by atoms with E-state index in [4.69, 9.17) is 4.74 Å². The zero-order valence-electron chi connectivity index (χ0n) is 14.4. The van der Waals surface area contributed by atoms with Gasteiger partial charge in [0, 0.05) is 7.11 Å². The smallest absolute Gasteiger partial charge is 0.0571 e. The molecule has 2 saturated carbocycles. The van der Waals surface area contributed by atoms with Crippen LogP contribution in [0.4, 0.5) is 0 Å². The Morgan fingerprint density at radius 2 is 1.43 bits per heavy atom. The Kier molecular flexibility index (Phi) is 7.85. The van der Waals surface area contributed by atoms with Gasteiger partial charge in [0.1, 0.15) is 0 Å². The highest BCUT2D eigenvalue weighted by molar-refractivity contribution is 4.91. The van der Waals surface area contributed by atoms with Gasteiger partial charge in [-0.05, 0) is 75.5 Å². The van der Waals surface area contributed by atoms with Gasteiger partial charge < -0.3 is 4.74 Å². The molecule has 0 unspecified atom stereocenters. The van der Waals surface area contributed by atoms with E-state index < -0.39 is 0 Å². The predicted molar refractivity (Wildman–Crippen MR) is 91.5 cm³/mol.